The summed E-state index contributed by atoms with van der Waals surface area (Å²) in [6.07, 6.45) is 6.11. The largest absolute Gasteiger partial charge is 0.369 e. The van der Waals surface area contributed by atoms with E-state index in [1.807, 2.05) is 0 Å². The van der Waals surface area contributed by atoms with E-state index in [1.54, 1.807) is 12.4 Å². The molecule has 6 nitrogen and oxygen atoms in total. The zero-order valence-electron chi connectivity index (χ0n) is 10.8. The molecule has 1 heterocycles. The van der Waals surface area contributed by atoms with Crippen molar-refractivity contribution in [2.24, 2.45) is 0 Å². The van der Waals surface area contributed by atoms with Crippen LogP contribution in [0.15, 0.2) is 12.4 Å². The molecule has 0 unspecified atom stereocenters. The lowest BCUT2D eigenvalue weighted by atomic mass is 10.4. The highest BCUT2D eigenvalue weighted by molar-refractivity contribution is 7.90. The van der Waals surface area contributed by atoms with Crippen LogP contribution in [0.3, 0.4) is 0 Å². The van der Waals surface area contributed by atoms with Crippen LogP contribution in [0.2, 0.25) is 0 Å². The number of nitrogens with zero attached hydrogens (tertiary/aromatic N) is 2. The Morgan fingerprint density at radius 1 is 1.17 bits per heavy atom. The molecule has 0 aliphatic rings. The number of rotatable bonds is 8. The molecule has 0 amide bonds. The molecular weight excluding hydrogens is 252 g/mol. The Labute approximate surface area is 108 Å². The fraction of sp³-hybridized carbons (Fsp3) is 0.636. The summed E-state index contributed by atoms with van der Waals surface area (Å²) >= 11 is 0. The smallest absolute Gasteiger partial charge is 0.147 e. The fourth-order valence-electron chi connectivity index (χ4n) is 1.34. The molecule has 0 radical (unpaired) electrons. The first kappa shape index (κ1) is 14.7. The van der Waals surface area contributed by atoms with E-state index in [9.17, 15) is 8.42 Å². The zero-order valence-corrected chi connectivity index (χ0v) is 11.6. The monoisotopic (exact) mass is 272 g/mol. The van der Waals surface area contributed by atoms with Gasteiger partial charge in [-0.15, -0.1) is 0 Å². The SMILES string of the molecule is CCCNc1cncc(NCCCS(C)(=O)=O)n1. The number of anilines is 2. The third-order valence-electron chi connectivity index (χ3n) is 2.19. The highest BCUT2D eigenvalue weighted by Crippen LogP contribution is 2.06. The van der Waals surface area contributed by atoms with Gasteiger partial charge in [-0.2, -0.15) is 0 Å². The third-order valence-corrected chi connectivity index (χ3v) is 3.22. The van der Waals surface area contributed by atoms with Crippen LogP contribution in [0.1, 0.15) is 19.8 Å². The van der Waals surface area contributed by atoms with Crippen LogP contribution in [0.5, 0.6) is 0 Å². The molecule has 0 atom stereocenters. The van der Waals surface area contributed by atoms with Crippen LogP contribution in [0.25, 0.3) is 0 Å². The van der Waals surface area contributed by atoms with Crippen molar-refractivity contribution in [3.05, 3.63) is 12.4 Å². The van der Waals surface area contributed by atoms with Gasteiger partial charge in [-0.3, -0.25) is 4.98 Å². The summed E-state index contributed by atoms with van der Waals surface area (Å²) < 4.78 is 21.9. The topological polar surface area (TPSA) is 84.0 Å². The van der Waals surface area contributed by atoms with E-state index in [0.717, 1.165) is 18.8 Å². The second-order valence-electron chi connectivity index (χ2n) is 4.13. The standard InChI is InChI=1S/C11H20N4O2S/c1-3-5-13-10-8-12-9-11(15-10)14-6-4-7-18(2,16)17/h8-9H,3-7H2,1-2H3,(H2,13,14,15). The van der Waals surface area contributed by atoms with Crippen LogP contribution < -0.4 is 10.6 Å². The van der Waals surface area contributed by atoms with E-state index >= 15 is 0 Å². The molecular formula is C11H20N4O2S. The van der Waals surface area contributed by atoms with Gasteiger partial charge in [-0.25, -0.2) is 13.4 Å². The van der Waals surface area contributed by atoms with Gasteiger partial charge in [0.05, 0.1) is 18.1 Å². The molecule has 0 aromatic carbocycles. The molecule has 0 saturated carbocycles. The number of sulfone groups is 1. The van der Waals surface area contributed by atoms with Gasteiger partial charge < -0.3 is 10.6 Å². The molecule has 1 aromatic heterocycles. The Kier molecular flexibility index (Phi) is 5.84. The molecule has 0 spiro atoms. The lowest BCUT2D eigenvalue weighted by Gasteiger charge is -2.07. The maximum Gasteiger partial charge on any atom is 0.147 e. The Bertz CT molecular complexity index is 462. The molecule has 0 saturated heterocycles. The Morgan fingerprint density at radius 2 is 1.78 bits per heavy atom. The molecule has 0 aliphatic carbocycles. The summed E-state index contributed by atoms with van der Waals surface area (Å²) in [4.78, 5) is 8.37. The Hall–Kier alpha value is -1.37. The summed E-state index contributed by atoms with van der Waals surface area (Å²) in [7, 11) is -2.89. The second-order valence-corrected chi connectivity index (χ2v) is 6.39. The molecule has 1 rings (SSSR count). The van der Waals surface area contributed by atoms with E-state index < -0.39 is 9.84 Å². The minimum atomic E-state index is -2.89. The minimum absolute atomic E-state index is 0.182. The molecule has 0 bridgehead atoms. The van der Waals surface area contributed by atoms with E-state index in [1.165, 1.54) is 6.26 Å². The maximum atomic E-state index is 10.9. The second kappa shape index (κ2) is 7.15. The van der Waals surface area contributed by atoms with Crippen molar-refractivity contribution in [1.29, 1.82) is 0 Å². The van der Waals surface area contributed by atoms with Gasteiger partial charge in [-0.1, -0.05) is 6.92 Å². The molecule has 1 aromatic rings. The van der Waals surface area contributed by atoms with E-state index in [0.29, 0.717) is 18.8 Å². The average Bonchev–Trinajstić information content (AvgIpc) is 2.31. The maximum absolute atomic E-state index is 10.9. The Balaban J connectivity index is 2.38. The van der Waals surface area contributed by atoms with Crippen molar-refractivity contribution in [2.75, 3.05) is 35.7 Å². The quantitative estimate of drug-likeness (QED) is 0.691. The van der Waals surface area contributed by atoms with E-state index in [2.05, 4.69) is 27.5 Å². The van der Waals surface area contributed by atoms with Crippen molar-refractivity contribution in [2.45, 2.75) is 19.8 Å². The summed E-state index contributed by atoms with van der Waals surface area (Å²) in [5, 5.41) is 6.20. The number of hydrogen-bond acceptors (Lipinski definition) is 6. The lowest BCUT2D eigenvalue weighted by molar-refractivity contribution is 0.600. The minimum Gasteiger partial charge on any atom is -0.369 e. The predicted octanol–water partition coefficient (Wildman–Crippen LogP) is 1.15. The van der Waals surface area contributed by atoms with Crippen LogP contribution in [-0.4, -0.2) is 43.5 Å². The molecule has 7 heteroatoms. The van der Waals surface area contributed by atoms with Gasteiger partial charge in [-0.05, 0) is 12.8 Å². The summed E-state index contributed by atoms with van der Waals surface area (Å²) in [5.41, 5.74) is 0. The van der Waals surface area contributed by atoms with Gasteiger partial charge in [0.25, 0.3) is 0 Å². The first-order valence-corrected chi connectivity index (χ1v) is 8.05. The van der Waals surface area contributed by atoms with Crippen LogP contribution in [0, 0.1) is 0 Å². The van der Waals surface area contributed by atoms with Gasteiger partial charge in [0.2, 0.25) is 0 Å². The molecule has 0 fully saturated rings. The third kappa shape index (κ3) is 6.39. The normalized spacial score (nSPS) is 11.2. The van der Waals surface area contributed by atoms with Crippen LogP contribution >= 0.6 is 0 Å². The summed E-state index contributed by atoms with van der Waals surface area (Å²) in [6.45, 7) is 3.50. The van der Waals surface area contributed by atoms with E-state index in [4.69, 9.17) is 0 Å². The highest BCUT2D eigenvalue weighted by Gasteiger charge is 2.02. The van der Waals surface area contributed by atoms with Gasteiger partial charge in [0.1, 0.15) is 21.5 Å². The lowest BCUT2D eigenvalue weighted by Crippen LogP contribution is -2.11. The first-order valence-electron chi connectivity index (χ1n) is 5.99. The number of nitrogens with one attached hydrogen (secondary N) is 2. The predicted molar refractivity (Wildman–Crippen MR) is 73.6 cm³/mol. The van der Waals surface area contributed by atoms with Crippen molar-refractivity contribution in [1.82, 2.24) is 9.97 Å². The highest BCUT2D eigenvalue weighted by atomic mass is 32.2. The molecule has 102 valence electrons. The fourth-order valence-corrected chi connectivity index (χ4v) is 2.01. The molecule has 2 N–H and O–H groups in total. The van der Waals surface area contributed by atoms with Crippen molar-refractivity contribution < 1.29 is 8.42 Å². The van der Waals surface area contributed by atoms with Gasteiger partial charge >= 0.3 is 0 Å². The van der Waals surface area contributed by atoms with Crippen LogP contribution in [0.4, 0.5) is 11.6 Å². The Morgan fingerprint density at radius 3 is 2.33 bits per heavy atom. The van der Waals surface area contributed by atoms with E-state index in [-0.39, 0.29) is 5.75 Å². The number of hydrogen-bond donors (Lipinski definition) is 2. The molecule has 0 aliphatic heterocycles. The first-order chi connectivity index (χ1) is 8.51. The van der Waals surface area contributed by atoms with Crippen LogP contribution in [-0.2, 0) is 9.84 Å². The summed E-state index contributed by atoms with van der Waals surface area (Å²) in [6, 6.07) is 0. The van der Waals surface area contributed by atoms with Crippen molar-refractivity contribution in [3.63, 3.8) is 0 Å². The zero-order chi connectivity index (χ0) is 13.4. The van der Waals surface area contributed by atoms with Gasteiger partial charge in [0, 0.05) is 19.3 Å². The van der Waals surface area contributed by atoms with Crippen molar-refractivity contribution >= 4 is 21.5 Å². The average molecular weight is 272 g/mol. The molecule has 18 heavy (non-hydrogen) atoms. The van der Waals surface area contributed by atoms with Gasteiger partial charge in [0.15, 0.2) is 0 Å². The van der Waals surface area contributed by atoms with Crippen molar-refractivity contribution in [3.8, 4) is 0 Å². The number of aromatic nitrogens is 2. The summed E-state index contributed by atoms with van der Waals surface area (Å²) in [5.74, 6) is 1.57.